The summed E-state index contributed by atoms with van der Waals surface area (Å²) in [6.07, 6.45) is 0.0749. The molecule has 1 aliphatic heterocycles. The number of anilines is 1. The first-order chi connectivity index (χ1) is 8.00. The first-order valence-electron chi connectivity index (χ1n) is 4.99. The molecule has 17 heavy (non-hydrogen) atoms. The summed E-state index contributed by atoms with van der Waals surface area (Å²) in [4.78, 5) is 22.7. The maximum absolute atomic E-state index is 13.6. The van der Waals surface area contributed by atoms with Crippen molar-refractivity contribution in [1.82, 2.24) is 0 Å². The van der Waals surface area contributed by atoms with Crippen LogP contribution < -0.4 is 10.6 Å². The van der Waals surface area contributed by atoms with Crippen molar-refractivity contribution in [2.24, 2.45) is 5.73 Å². The van der Waals surface area contributed by atoms with Gasteiger partial charge >= 0.3 is 0 Å². The first-order valence-corrected chi connectivity index (χ1v) is 4.99. The van der Waals surface area contributed by atoms with Crippen molar-refractivity contribution in [2.45, 2.75) is 12.5 Å². The molecule has 1 amide bonds. The van der Waals surface area contributed by atoms with E-state index in [1.54, 1.807) is 0 Å². The maximum atomic E-state index is 13.6. The number of nitro groups is 1. The lowest BCUT2D eigenvalue weighted by Gasteiger charge is -2.16. The summed E-state index contributed by atoms with van der Waals surface area (Å²) in [6.45, 7) is 0.0978. The van der Waals surface area contributed by atoms with Gasteiger partial charge in [0.2, 0.25) is 5.91 Å². The van der Waals surface area contributed by atoms with Crippen molar-refractivity contribution >= 4 is 17.3 Å². The molecular formula is C10H10FN3O3. The van der Waals surface area contributed by atoms with Crippen LogP contribution in [0, 0.1) is 15.9 Å². The second-order valence-electron chi connectivity index (χ2n) is 3.83. The molecular weight excluding hydrogens is 229 g/mol. The van der Waals surface area contributed by atoms with Crippen LogP contribution in [0.5, 0.6) is 0 Å². The Morgan fingerprint density at radius 2 is 2.24 bits per heavy atom. The van der Waals surface area contributed by atoms with Crippen LogP contribution in [-0.2, 0) is 4.79 Å². The van der Waals surface area contributed by atoms with E-state index in [0.717, 1.165) is 17.0 Å². The molecule has 2 N–H and O–H groups in total. The molecule has 7 heteroatoms. The summed E-state index contributed by atoms with van der Waals surface area (Å²) < 4.78 is 13.6. The Kier molecular flexibility index (Phi) is 2.76. The van der Waals surface area contributed by atoms with E-state index in [4.69, 9.17) is 5.73 Å². The fourth-order valence-corrected chi connectivity index (χ4v) is 1.87. The van der Waals surface area contributed by atoms with Gasteiger partial charge in [-0.15, -0.1) is 0 Å². The second-order valence-corrected chi connectivity index (χ2v) is 3.83. The number of amides is 1. The average molecular weight is 239 g/mol. The van der Waals surface area contributed by atoms with Gasteiger partial charge in [-0.25, -0.2) is 4.39 Å². The standard InChI is InChI=1S/C10H10FN3O3/c11-7-2-1-3-8(14(16)17)10(7)13-5-6(12)4-9(13)15/h1-3,6H,4-5,12H2. The quantitative estimate of drug-likeness (QED) is 0.610. The molecule has 1 aliphatic rings. The molecule has 0 radical (unpaired) electrons. The molecule has 1 aromatic carbocycles. The molecule has 0 aliphatic carbocycles. The van der Waals surface area contributed by atoms with Crippen molar-refractivity contribution in [3.8, 4) is 0 Å². The molecule has 0 bridgehead atoms. The molecule has 1 atom stereocenters. The van der Waals surface area contributed by atoms with E-state index < -0.39 is 28.4 Å². The lowest BCUT2D eigenvalue weighted by atomic mass is 10.2. The van der Waals surface area contributed by atoms with Crippen molar-refractivity contribution in [2.75, 3.05) is 11.4 Å². The van der Waals surface area contributed by atoms with Crippen molar-refractivity contribution in [3.63, 3.8) is 0 Å². The average Bonchev–Trinajstić information content (AvgIpc) is 2.57. The highest BCUT2D eigenvalue weighted by Gasteiger charge is 2.34. The van der Waals surface area contributed by atoms with Crippen LogP contribution in [-0.4, -0.2) is 23.4 Å². The predicted molar refractivity (Wildman–Crippen MR) is 58.0 cm³/mol. The predicted octanol–water partition coefficient (Wildman–Crippen LogP) is 0.798. The lowest BCUT2D eigenvalue weighted by Crippen LogP contribution is -2.29. The zero-order valence-electron chi connectivity index (χ0n) is 8.80. The van der Waals surface area contributed by atoms with E-state index in [1.165, 1.54) is 6.07 Å². The Balaban J connectivity index is 2.51. The van der Waals surface area contributed by atoms with E-state index in [1.807, 2.05) is 0 Å². The van der Waals surface area contributed by atoms with Crippen LogP contribution in [0.15, 0.2) is 18.2 Å². The van der Waals surface area contributed by atoms with Gasteiger partial charge in [0.25, 0.3) is 5.69 Å². The van der Waals surface area contributed by atoms with Gasteiger partial charge < -0.3 is 10.6 Å². The number of nitrogens with two attached hydrogens (primary N) is 1. The number of para-hydroxylation sites is 1. The first kappa shape index (κ1) is 11.5. The Morgan fingerprint density at radius 3 is 2.76 bits per heavy atom. The Hall–Kier alpha value is -2.02. The zero-order chi connectivity index (χ0) is 12.6. The number of nitro benzene ring substituents is 1. The molecule has 1 unspecified atom stereocenters. The van der Waals surface area contributed by atoms with E-state index in [2.05, 4.69) is 0 Å². The summed E-state index contributed by atoms with van der Waals surface area (Å²) in [5.41, 5.74) is 4.85. The summed E-state index contributed by atoms with van der Waals surface area (Å²) >= 11 is 0. The number of rotatable bonds is 2. The number of hydrogen-bond donors (Lipinski definition) is 1. The molecule has 6 nitrogen and oxygen atoms in total. The topological polar surface area (TPSA) is 89.5 Å². The molecule has 1 aromatic rings. The summed E-state index contributed by atoms with van der Waals surface area (Å²) in [5, 5.41) is 10.8. The van der Waals surface area contributed by atoms with Crippen LogP contribution in [0.4, 0.5) is 15.8 Å². The Morgan fingerprint density at radius 1 is 1.53 bits per heavy atom. The van der Waals surface area contributed by atoms with Gasteiger partial charge in [0.1, 0.15) is 0 Å². The highest BCUT2D eigenvalue weighted by atomic mass is 19.1. The van der Waals surface area contributed by atoms with Gasteiger partial charge in [0, 0.05) is 25.1 Å². The molecule has 1 saturated heterocycles. The van der Waals surface area contributed by atoms with Gasteiger partial charge in [0.05, 0.1) is 4.92 Å². The number of halogens is 1. The minimum absolute atomic E-state index is 0.0749. The van der Waals surface area contributed by atoms with E-state index in [0.29, 0.717) is 0 Å². The summed E-state index contributed by atoms with van der Waals surface area (Å²) in [7, 11) is 0. The molecule has 0 aromatic heterocycles. The van der Waals surface area contributed by atoms with Crippen LogP contribution >= 0.6 is 0 Å². The highest BCUT2D eigenvalue weighted by Crippen LogP contribution is 2.33. The molecule has 2 rings (SSSR count). The zero-order valence-corrected chi connectivity index (χ0v) is 8.80. The fourth-order valence-electron chi connectivity index (χ4n) is 1.87. The SMILES string of the molecule is NC1CC(=O)N(c2c(F)cccc2[N+](=O)[O-])C1. The van der Waals surface area contributed by atoms with Gasteiger partial charge in [-0.05, 0) is 6.07 Å². The third-order valence-electron chi connectivity index (χ3n) is 2.59. The van der Waals surface area contributed by atoms with E-state index in [9.17, 15) is 19.3 Å². The fraction of sp³-hybridized carbons (Fsp3) is 0.300. The molecule has 90 valence electrons. The lowest BCUT2D eigenvalue weighted by molar-refractivity contribution is -0.384. The smallest absolute Gasteiger partial charge is 0.296 e. The van der Waals surface area contributed by atoms with Gasteiger partial charge in [-0.3, -0.25) is 14.9 Å². The summed E-state index contributed by atoms with van der Waals surface area (Å²) in [5.74, 6) is -1.19. The molecule has 0 spiro atoms. The van der Waals surface area contributed by atoms with E-state index >= 15 is 0 Å². The summed E-state index contributed by atoms with van der Waals surface area (Å²) in [6, 6.07) is 3.06. The minimum Gasteiger partial charge on any atom is -0.326 e. The largest absolute Gasteiger partial charge is 0.326 e. The number of nitrogens with zero attached hydrogens (tertiary/aromatic N) is 2. The number of carbonyl (C=O) groups is 1. The van der Waals surface area contributed by atoms with Crippen molar-refractivity contribution < 1.29 is 14.1 Å². The minimum atomic E-state index is -0.790. The Labute approximate surface area is 96.0 Å². The van der Waals surface area contributed by atoms with Crippen molar-refractivity contribution in [3.05, 3.63) is 34.1 Å². The molecule has 1 heterocycles. The highest BCUT2D eigenvalue weighted by molar-refractivity contribution is 5.98. The molecule has 1 fully saturated rings. The third kappa shape index (κ3) is 1.96. The Bertz CT molecular complexity index is 492. The van der Waals surface area contributed by atoms with Crippen LogP contribution in [0.25, 0.3) is 0 Å². The van der Waals surface area contributed by atoms with Gasteiger partial charge in [-0.1, -0.05) is 6.07 Å². The third-order valence-corrected chi connectivity index (χ3v) is 2.59. The monoisotopic (exact) mass is 239 g/mol. The molecule has 0 saturated carbocycles. The second kappa shape index (κ2) is 4.10. The number of carbonyl (C=O) groups excluding carboxylic acids is 1. The van der Waals surface area contributed by atoms with Gasteiger partial charge in [-0.2, -0.15) is 0 Å². The number of hydrogen-bond acceptors (Lipinski definition) is 4. The number of benzene rings is 1. The van der Waals surface area contributed by atoms with E-state index in [-0.39, 0.29) is 18.7 Å². The van der Waals surface area contributed by atoms with Crippen molar-refractivity contribution in [1.29, 1.82) is 0 Å². The normalized spacial score (nSPS) is 19.8. The van der Waals surface area contributed by atoms with Crippen LogP contribution in [0.2, 0.25) is 0 Å². The van der Waals surface area contributed by atoms with Crippen LogP contribution in [0.1, 0.15) is 6.42 Å². The maximum Gasteiger partial charge on any atom is 0.296 e. The van der Waals surface area contributed by atoms with Gasteiger partial charge in [0.15, 0.2) is 11.5 Å². The van der Waals surface area contributed by atoms with Crippen LogP contribution in [0.3, 0.4) is 0 Å².